The van der Waals surface area contributed by atoms with Gasteiger partial charge in [0, 0.05) is 29.4 Å². The standard InChI is InChI=1S/C23H26BrClN2O4S/c1-4-29-20-9-16(23(32)27-11-14(2)31-15(3)12-27)8-19(24)22(20)30-13-21(28)26-18-7-5-6-17(25)10-18/h5-10,14-15H,4,11-13H2,1-3H3,(H,26,28)/t14-,15+. The molecule has 0 bridgehead atoms. The number of carbonyl (C=O) groups excluding carboxylic acids is 1. The van der Waals surface area contributed by atoms with Gasteiger partial charge < -0.3 is 24.4 Å². The summed E-state index contributed by atoms with van der Waals surface area (Å²) in [5.74, 6) is 0.657. The maximum atomic E-state index is 12.3. The predicted molar refractivity (Wildman–Crippen MR) is 134 cm³/mol. The van der Waals surface area contributed by atoms with E-state index >= 15 is 0 Å². The third kappa shape index (κ3) is 6.57. The first kappa shape index (κ1) is 24.8. The fraction of sp³-hybridized carbons (Fsp3) is 0.391. The van der Waals surface area contributed by atoms with Crippen LogP contribution in [-0.2, 0) is 9.53 Å². The number of carbonyl (C=O) groups is 1. The van der Waals surface area contributed by atoms with Crippen LogP contribution >= 0.6 is 39.7 Å². The lowest BCUT2D eigenvalue weighted by molar-refractivity contribution is -0.118. The molecule has 0 aliphatic carbocycles. The molecule has 0 unspecified atom stereocenters. The number of amides is 1. The number of halogens is 2. The van der Waals surface area contributed by atoms with E-state index in [1.165, 1.54) is 0 Å². The Morgan fingerprint density at radius 3 is 2.62 bits per heavy atom. The van der Waals surface area contributed by atoms with E-state index in [4.69, 9.17) is 38.0 Å². The van der Waals surface area contributed by atoms with Crippen molar-refractivity contribution in [1.82, 2.24) is 4.90 Å². The van der Waals surface area contributed by atoms with E-state index in [1.807, 2.05) is 32.9 Å². The summed E-state index contributed by atoms with van der Waals surface area (Å²) in [5, 5.41) is 3.30. The topological polar surface area (TPSA) is 60.0 Å². The number of nitrogens with zero attached hydrogens (tertiary/aromatic N) is 1. The summed E-state index contributed by atoms with van der Waals surface area (Å²) in [7, 11) is 0. The highest BCUT2D eigenvalue weighted by molar-refractivity contribution is 9.10. The lowest BCUT2D eigenvalue weighted by atomic mass is 10.1. The van der Waals surface area contributed by atoms with E-state index in [2.05, 4.69) is 26.1 Å². The summed E-state index contributed by atoms with van der Waals surface area (Å²) in [6, 6.07) is 10.7. The quantitative estimate of drug-likeness (QED) is 0.480. The molecule has 0 spiro atoms. The second-order valence-corrected chi connectivity index (χ2v) is 9.21. The van der Waals surface area contributed by atoms with Crippen LogP contribution < -0.4 is 14.8 Å². The van der Waals surface area contributed by atoms with Gasteiger partial charge in [-0.05, 0) is 67.0 Å². The highest BCUT2D eigenvalue weighted by atomic mass is 79.9. The first-order valence-corrected chi connectivity index (χ1v) is 11.9. The molecule has 2 aromatic carbocycles. The summed E-state index contributed by atoms with van der Waals surface area (Å²) in [4.78, 5) is 15.2. The number of nitrogens with one attached hydrogen (secondary N) is 1. The van der Waals surface area contributed by atoms with Crippen molar-refractivity contribution in [3.8, 4) is 11.5 Å². The Labute approximate surface area is 207 Å². The van der Waals surface area contributed by atoms with Gasteiger partial charge in [-0.15, -0.1) is 0 Å². The highest BCUT2D eigenvalue weighted by Crippen LogP contribution is 2.37. The van der Waals surface area contributed by atoms with E-state index in [0.717, 1.165) is 23.6 Å². The Bertz CT molecular complexity index is 980. The van der Waals surface area contributed by atoms with Gasteiger partial charge >= 0.3 is 0 Å². The molecular formula is C23H26BrClN2O4S. The Morgan fingerprint density at radius 2 is 1.97 bits per heavy atom. The van der Waals surface area contributed by atoms with Crippen molar-refractivity contribution in [1.29, 1.82) is 0 Å². The molecule has 3 rings (SSSR count). The largest absolute Gasteiger partial charge is 0.490 e. The number of morpholine rings is 1. The molecular weight excluding hydrogens is 516 g/mol. The summed E-state index contributed by atoms with van der Waals surface area (Å²) >= 11 is 15.3. The van der Waals surface area contributed by atoms with Crippen molar-refractivity contribution in [2.45, 2.75) is 33.0 Å². The minimum Gasteiger partial charge on any atom is -0.490 e. The van der Waals surface area contributed by atoms with Crippen molar-refractivity contribution in [3.05, 3.63) is 51.5 Å². The van der Waals surface area contributed by atoms with Crippen molar-refractivity contribution in [2.24, 2.45) is 0 Å². The number of anilines is 1. The second-order valence-electron chi connectivity index (χ2n) is 7.53. The van der Waals surface area contributed by atoms with Crippen molar-refractivity contribution in [3.63, 3.8) is 0 Å². The highest BCUT2D eigenvalue weighted by Gasteiger charge is 2.26. The molecule has 1 aliphatic heterocycles. The Kier molecular flexibility index (Phi) is 8.76. The predicted octanol–water partition coefficient (Wildman–Crippen LogP) is 5.30. The van der Waals surface area contributed by atoms with Gasteiger partial charge in [-0.1, -0.05) is 29.9 Å². The van der Waals surface area contributed by atoms with Crippen molar-refractivity contribution < 1.29 is 19.0 Å². The fourth-order valence-electron chi connectivity index (χ4n) is 3.52. The van der Waals surface area contributed by atoms with Crippen LogP contribution in [0.25, 0.3) is 0 Å². The van der Waals surface area contributed by atoms with Crippen LogP contribution in [0.15, 0.2) is 40.9 Å². The van der Waals surface area contributed by atoms with Crippen LogP contribution in [0.4, 0.5) is 5.69 Å². The van der Waals surface area contributed by atoms with Crippen LogP contribution in [0, 0.1) is 0 Å². The molecule has 0 saturated carbocycles. The van der Waals surface area contributed by atoms with Gasteiger partial charge in [0.05, 0.1) is 23.3 Å². The molecule has 6 nitrogen and oxygen atoms in total. The van der Waals surface area contributed by atoms with Crippen molar-refractivity contribution in [2.75, 3.05) is 31.6 Å². The molecule has 1 aliphatic rings. The normalized spacial score (nSPS) is 18.2. The zero-order valence-corrected chi connectivity index (χ0v) is 21.4. The zero-order valence-electron chi connectivity index (χ0n) is 18.2. The second kappa shape index (κ2) is 11.3. The van der Waals surface area contributed by atoms with Crippen LogP contribution in [0.1, 0.15) is 26.3 Å². The van der Waals surface area contributed by atoms with Crippen LogP contribution in [0.5, 0.6) is 11.5 Å². The molecule has 1 amide bonds. The van der Waals surface area contributed by atoms with E-state index < -0.39 is 0 Å². The molecule has 32 heavy (non-hydrogen) atoms. The molecule has 1 N–H and O–H groups in total. The summed E-state index contributed by atoms with van der Waals surface area (Å²) in [6.45, 7) is 7.68. The molecule has 172 valence electrons. The molecule has 0 aromatic heterocycles. The van der Waals surface area contributed by atoms with Crippen LogP contribution in [0.3, 0.4) is 0 Å². The number of hydrogen-bond donors (Lipinski definition) is 1. The summed E-state index contributed by atoms with van der Waals surface area (Å²) in [5.41, 5.74) is 1.44. The average Bonchev–Trinajstić information content (AvgIpc) is 2.72. The number of hydrogen-bond acceptors (Lipinski definition) is 5. The van der Waals surface area contributed by atoms with Gasteiger partial charge in [0.1, 0.15) is 4.99 Å². The van der Waals surface area contributed by atoms with Gasteiger partial charge in [0.25, 0.3) is 5.91 Å². The number of benzene rings is 2. The zero-order chi connectivity index (χ0) is 23.3. The number of ether oxygens (including phenoxy) is 3. The average molecular weight is 542 g/mol. The van der Waals surface area contributed by atoms with E-state index in [-0.39, 0.29) is 24.7 Å². The lowest BCUT2D eigenvalue weighted by Crippen LogP contribution is -2.47. The van der Waals surface area contributed by atoms with Crippen LogP contribution in [0.2, 0.25) is 5.02 Å². The van der Waals surface area contributed by atoms with E-state index in [1.54, 1.807) is 24.3 Å². The smallest absolute Gasteiger partial charge is 0.262 e. The number of rotatable bonds is 7. The van der Waals surface area contributed by atoms with Gasteiger partial charge in [-0.2, -0.15) is 0 Å². The monoisotopic (exact) mass is 540 g/mol. The Balaban J connectivity index is 1.73. The molecule has 1 fully saturated rings. The first-order valence-electron chi connectivity index (χ1n) is 10.4. The molecule has 0 radical (unpaired) electrons. The molecule has 1 saturated heterocycles. The fourth-order valence-corrected chi connectivity index (χ4v) is 4.54. The Morgan fingerprint density at radius 1 is 1.25 bits per heavy atom. The number of thiocarbonyl (C=S) groups is 1. The van der Waals surface area contributed by atoms with Gasteiger partial charge in [0.15, 0.2) is 18.1 Å². The molecule has 2 atom stereocenters. The minimum atomic E-state index is -0.308. The van der Waals surface area contributed by atoms with Gasteiger partial charge in [0.2, 0.25) is 0 Å². The minimum absolute atomic E-state index is 0.104. The summed E-state index contributed by atoms with van der Waals surface area (Å²) in [6.07, 6.45) is 0.208. The van der Waals surface area contributed by atoms with Gasteiger partial charge in [-0.3, -0.25) is 4.79 Å². The van der Waals surface area contributed by atoms with E-state index in [9.17, 15) is 4.79 Å². The molecule has 2 aromatic rings. The molecule has 1 heterocycles. The third-order valence-electron chi connectivity index (χ3n) is 4.72. The lowest BCUT2D eigenvalue weighted by Gasteiger charge is -2.37. The van der Waals surface area contributed by atoms with Gasteiger partial charge in [-0.25, -0.2) is 0 Å². The summed E-state index contributed by atoms with van der Waals surface area (Å²) < 4.78 is 18.1. The van der Waals surface area contributed by atoms with E-state index in [0.29, 0.717) is 33.3 Å². The third-order valence-corrected chi connectivity index (χ3v) is 6.04. The van der Waals surface area contributed by atoms with Crippen LogP contribution in [-0.4, -0.2) is 54.3 Å². The molecule has 9 heteroatoms. The maximum absolute atomic E-state index is 12.3. The Hall–Kier alpha value is -1.87. The first-order chi connectivity index (χ1) is 15.3. The maximum Gasteiger partial charge on any atom is 0.262 e. The van der Waals surface area contributed by atoms with Crippen molar-refractivity contribution >= 4 is 56.3 Å². The SMILES string of the molecule is CCOc1cc(C(=S)N2C[C@@H](C)O[C@@H](C)C2)cc(Br)c1OCC(=O)Nc1cccc(Cl)c1.